The van der Waals surface area contributed by atoms with Gasteiger partial charge in [-0.05, 0) is 42.9 Å². The predicted molar refractivity (Wildman–Crippen MR) is 116 cm³/mol. The van der Waals surface area contributed by atoms with E-state index in [1.54, 1.807) is 12.1 Å². The number of ether oxygens (including phenoxy) is 1. The smallest absolute Gasteiger partial charge is 0.339 e. The van der Waals surface area contributed by atoms with Gasteiger partial charge in [0.25, 0.3) is 0 Å². The molecule has 0 aliphatic carbocycles. The van der Waals surface area contributed by atoms with Crippen LogP contribution in [0, 0.1) is 6.92 Å². The highest BCUT2D eigenvalue weighted by Gasteiger charge is 2.20. The van der Waals surface area contributed by atoms with Crippen LogP contribution in [-0.4, -0.2) is 23.3 Å². The van der Waals surface area contributed by atoms with Crippen LogP contribution in [0.1, 0.15) is 70.6 Å². The number of carbonyl (C=O) groups is 2. The van der Waals surface area contributed by atoms with Crippen LogP contribution in [0.4, 0.5) is 0 Å². The van der Waals surface area contributed by atoms with E-state index in [0.29, 0.717) is 17.0 Å². The zero-order valence-electron chi connectivity index (χ0n) is 17.5. The van der Waals surface area contributed by atoms with Gasteiger partial charge in [-0.25, -0.2) is 4.79 Å². The standard InChI is InChI=1S/C25H27NO3/c1-5-16(3)18-11-13-19(14-12-18)23(27)15-29-25(28)24-17(4)21(6-2)26-22-10-8-7-9-20(22)24/h7-14,16H,5-6,15H2,1-4H3/t16-/m0/s1. The highest BCUT2D eigenvalue weighted by atomic mass is 16.5. The van der Waals surface area contributed by atoms with Gasteiger partial charge in [0, 0.05) is 16.6 Å². The van der Waals surface area contributed by atoms with Gasteiger partial charge in [0.15, 0.2) is 12.4 Å². The summed E-state index contributed by atoms with van der Waals surface area (Å²) in [6, 6.07) is 15.1. The van der Waals surface area contributed by atoms with Gasteiger partial charge in [0.2, 0.25) is 0 Å². The van der Waals surface area contributed by atoms with Gasteiger partial charge in [-0.15, -0.1) is 0 Å². The van der Waals surface area contributed by atoms with E-state index in [9.17, 15) is 9.59 Å². The molecule has 2 aromatic carbocycles. The number of nitrogens with zero attached hydrogens (tertiary/aromatic N) is 1. The average Bonchev–Trinajstić information content (AvgIpc) is 2.76. The Balaban J connectivity index is 1.79. The first-order valence-corrected chi connectivity index (χ1v) is 10.1. The van der Waals surface area contributed by atoms with Crippen LogP contribution in [0.3, 0.4) is 0 Å². The number of aromatic nitrogens is 1. The van der Waals surface area contributed by atoms with Crippen LogP contribution >= 0.6 is 0 Å². The van der Waals surface area contributed by atoms with E-state index in [1.165, 1.54) is 5.56 Å². The summed E-state index contributed by atoms with van der Waals surface area (Å²) in [6.07, 6.45) is 1.77. The van der Waals surface area contributed by atoms with Crippen LogP contribution in [0.25, 0.3) is 10.9 Å². The van der Waals surface area contributed by atoms with Gasteiger partial charge in [-0.1, -0.05) is 63.2 Å². The van der Waals surface area contributed by atoms with E-state index < -0.39 is 5.97 Å². The van der Waals surface area contributed by atoms with Crippen LogP contribution in [0.5, 0.6) is 0 Å². The fourth-order valence-corrected chi connectivity index (χ4v) is 3.49. The summed E-state index contributed by atoms with van der Waals surface area (Å²) in [5, 5.41) is 0.748. The SMILES string of the molecule is CCc1nc2ccccc2c(C(=O)OCC(=O)c2ccc([C@@H](C)CC)cc2)c1C. The summed E-state index contributed by atoms with van der Waals surface area (Å²) in [5.41, 5.74) is 4.67. The third kappa shape index (κ3) is 4.37. The quantitative estimate of drug-likeness (QED) is 0.386. The Kier molecular flexibility index (Phi) is 6.42. The maximum Gasteiger partial charge on any atom is 0.339 e. The van der Waals surface area contributed by atoms with Gasteiger partial charge < -0.3 is 4.74 Å². The normalized spacial score (nSPS) is 12.0. The fourth-order valence-electron chi connectivity index (χ4n) is 3.49. The topological polar surface area (TPSA) is 56.3 Å². The fraction of sp³-hybridized carbons (Fsp3) is 0.320. The van der Waals surface area contributed by atoms with E-state index >= 15 is 0 Å². The molecule has 0 fully saturated rings. The van der Waals surface area contributed by atoms with Gasteiger partial charge in [-0.2, -0.15) is 0 Å². The second-order valence-corrected chi connectivity index (χ2v) is 7.36. The minimum absolute atomic E-state index is 0.208. The van der Waals surface area contributed by atoms with Crippen molar-refractivity contribution in [2.45, 2.75) is 46.5 Å². The van der Waals surface area contributed by atoms with Crippen molar-refractivity contribution in [3.8, 4) is 0 Å². The largest absolute Gasteiger partial charge is 0.454 e. The molecule has 3 aromatic rings. The molecule has 0 aliphatic rings. The Morgan fingerprint density at radius 3 is 2.38 bits per heavy atom. The van der Waals surface area contributed by atoms with Gasteiger partial charge in [0.1, 0.15) is 0 Å². The lowest BCUT2D eigenvalue weighted by molar-refractivity contribution is 0.0476. The average molecular weight is 389 g/mol. The first kappa shape index (κ1) is 20.7. The van der Waals surface area contributed by atoms with Crippen molar-refractivity contribution in [3.63, 3.8) is 0 Å². The van der Waals surface area contributed by atoms with Crippen molar-refractivity contribution in [3.05, 3.63) is 76.5 Å². The van der Waals surface area contributed by atoms with Gasteiger partial charge >= 0.3 is 5.97 Å². The number of carbonyl (C=O) groups excluding carboxylic acids is 2. The second-order valence-electron chi connectivity index (χ2n) is 7.36. The van der Waals surface area contributed by atoms with E-state index in [0.717, 1.165) is 35.0 Å². The maximum absolute atomic E-state index is 12.9. The van der Waals surface area contributed by atoms with Crippen LogP contribution in [0.2, 0.25) is 0 Å². The first-order valence-electron chi connectivity index (χ1n) is 10.1. The van der Waals surface area contributed by atoms with E-state index in [2.05, 4.69) is 18.8 Å². The molecule has 1 aromatic heterocycles. The van der Waals surface area contributed by atoms with Crippen molar-refractivity contribution >= 4 is 22.7 Å². The molecule has 0 radical (unpaired) electrons. The second kappa shape index (κ2) is 8.99. The number of ketones is 1. The molecule has 0 saturated heterocycles. The Labute approximate surface area is 171 Å². The Bertz CT molecular complexity index is 1040. The summed E-state index contributed by atoms with van der Waals surface area (Å²) in [6.45, 7) is 7.90. The number of esters is 1. The number of para-hydroxylation sites is 1. The Morgan fingerprint density at radius 1 is 1.03 bits per heavy atom. The summed E-state index contributed by atoms with van der Waals surface area (Å²) >= 11 is 0. The van der Waals surface area contributed by atoms with Gasteiger partial charge in [-0.3, -0.25) is 9.78 Å². The van der Waals surface area contributed by atoms with E-state index in [1.807, 2.05) is 50.2 Å². The Hall–Kier alpha value is -3.01. The van der Waals surface area contributed by atoms with Crippen molar-refractivity contribution in [1.82, 2.24) is 4.98 Å². The monoisotopic (exact) mass is 389 g/mol. The molecule has 0 N–H and O–H groups in total. The molecule has 0 amide bonds. The number of aryl methyl sites for hydroxylation is 1. The molecule has 0 unspecified atom stereocenters. The third-order valence-electron chi connectivity index (χ3n) is 5.52. The molecule has 0 spiro atoms. The third-order valence-corrected chi connectivity index (χ3v) is 5.52. The lowest BCUT2D eigenvalue weighted by Crippen LogP contribution is -2.16. The van der Waals surface area contributed by atoms with E-state index in [4.69, 9.17) is 4.74 Å². The van der Waals surface area contributed by atoms with Crippen LogP contribution in [0.15, 0.2) is 48.5 Å². The number of pyridine rings is 1. The summed E-state index contributed by atoms with van der Waals surface area (Å²) in [7, 11) is 0. The number of hydrogen-bond acceptors (Lipinski definition) is 4. The molecular formula is C25H27NO3. The molecule has 0 bridgehead atoms. The molecule has 0 saturated carbocycles. The molecule has 150 valence electrons. The van der Waals surface area contributed by atoms with Crippen molar-refractivity contribution in [1.29, 1.82) is 0 Å². The number of hydrogen-bond donors (Lipinski definition) is 0. The number of benzene rings is 2. The molecule has 29 heavy (non-hydrogen) atoms. The molecule has 4 nitrogen and oxygen atoms in total. The molecule has 1 atom stereocenters. The number of Topliss-reactive ketones (excluding diaryl/α,β-unsaturated/α-hetero) is 1. The maximum atomic E-state index is 12.9. The minimum Gasteiger partial charge on any atom is -0.454 e. The zero-order chi connectivity index (χ0) is 21.0. The first-order chi connectivity index (χ1) is 14.0. The van der Waals surface area contributed by atoms with Crippen molar-refractivity contribution in [2.24, 2.45) is 0 Å². The van der Waals surface area contributed by atoms with Gasteiger partial charge in [0.05, 0.1) is 11.1 Å². The highest BCUT2D eigenvalue weighted by Crippen LogP contribution is 2.24. The zero-order valence-corrected chi connectivity index (χ0v) is 17.5. The molecule has 0 aliphatic heterocycles. The van der Waals surface area contributed by atoms with Crippen molar-refractivity contribution in [2.75, 3.05) is 6.61 Å². The number of rotatable bonds is 7. The molecular weight excluding hydrogens is 362 g/mol. The molecule has 3 rings (SSSR count). The summed E-state index contributed by atoms with van der Waals surface area (Å²) in [4.78, 5) is 30.0. The van der Waals surface area contributed by atoms with Crippen molar-refractivity contribution < 1.29 is 14.3 Å². The van der Waals surface area contributed by atoms with E-state index in [-0.39, 0.29) is 12.4 Å². The van der Waals surface area contributed by atoms with Crippen LogP contribution in [-0.2, 0) is 11.2 Å². The number of fused-ring (bicyclic) bond motifs is 1. The Morgan fingerprint density at radius 2 is 1.72 bits per heavy atom. The lowest BCUT2D eigenvalue weighted by Gasteiger charge is -2.13. The minimum atomic E-state index is -0.486. The lowest BCUT2D eigenvalue weighted by atomic mass is 9.97. The highest BCUT2D eigenvalue weighted by molar-refractivity contribution is 6.06. The van der Waals surface area contributed by atoms with Crippen LogP contribution < -0.4 is 0 Å². The summed E-state index contributed by atoms with van der Waals surface area (Å²) in [5.74, 6) is -0.242. The predicted octanol–water partition coefficient (Wildman–Crippen LogP) is 5.66. The molecule has 1 heterocycles. The molecule has 4 heteroatoms. The summed E-state index contributed by atoms with van der Waals surface area (Å²) < 4.78 is 5.42.